The fraction of sp³-hybridized carbons (Fsp3) is 0.600. The lowest BCUT2D eigenvalue weighted by Gasteiger charge is -2.22. The lowest BCUT2D eigenvalue weighted by atomic mass is 10.1. The van der Waals surface area contributed by atoms with Crippen LogP contribution < -0.4 is 20.5 Å². The summed E-state index contributed by atoms with van der Waals surface area (Å²) < 4.78 is 1.87. The van der Waals surface area contributed by atoms with Gasteiger partial charge in [-0.3, -0.25) is 15.1 Å². The standard InChI is InChI=1S/C25H36N8/c1-3-32-17-11-16-22(32)18-27-23-30-24(28-20-12-7-4-5-8-13-20)33(19-26-2)25(31-23)29-21-14-9-6-10-15-21/h6,9-10,14-15,20,22H,3-5,7-8,11-13,16-19H2,1H3,(H2,27,28,29,30,31)/p+1. The molecule has 2 aliphatic rings. The predicted molar refractivity (Wildman–Crippen MR) is 132 cm³/mol. The maximum Gasteiger partial charge on any atom is 0.335 e. The summed E-state index contributed by atoms with van der Waals surface area (Å²) in [5.74, 6) is 1.95. The zero-order valence-electron chi connectivity index (χ0n) is 19.8. The van der Waals surface area contributed by atoms with Crippen LogP contribution >= 0.6 is 0 Å². The minimum Gasteiger partial charge on any atom is -0.336 e. The van der Waals surface area contributed by atoms with Crippen LogP contribution in [0.4, 0.5) is 23.5 Å². The molecule has 0 spiro atoms. The van der Waals surface area contributed by atoms with Gasteiger partial charge in [-0.1, -0.05) is 60.8 Å². The first-order chi connectivity index (χ1) is 16.3. The van der Waals surface area contributed by atoms with Gasteiger partial charge in [0.2, 0.25) is 0 Å². The molecular weight excluding hydrogens is 412 g/mol. The SMILES string of the molecule is [C-]#[N+]C[n+]1c(Nc2ccccc2)nc(NCC2CCCN2CC)nc1NC1CCCCCC1. The Morgan fingerprint density at radius 3 is 2.52 bits per heavy atom. The summed E-state index contributed by atoms with van der Waals surface area (Å²) in [6.07, 6.45) is 9.80. The number of likely N-dealkylation sites (tertiary alicyclic amines) is 1. The topological polar surface area (TPSA) is 73.3 Å². The third-order valence-corrected chi connectivity index (χ3v) is 6.77. The van der Waals surface area contributed by atoms with Gasteiger partial charge in [0.05, 0.1) is 11.7 Å². The Kier molecular flexibility index (Phi) is 8.31. The van der Waals surface area contributed by atoms with Crippen molar-refractivity contribution in [2.45, 2.75) is 77.0 Å². The van der Waals surface area contributed by atoms with E-state index in [1.807, 2.05) is 34.9 Å². The number of likely N-dealkylation sites (N-methyl/N-ethyl adjacent to an activating group) is 1. The van der Waals surface area contributed by atoms with E-state index in [1.54, 1.807) is 0 Å². The van der Waals surface area contributed by atoms with Crippen molar-refractivity contribution < 1.29 is 4.57 Å². The summed E-state index contributed by atoms with van der Waals surface area (Å²) in [7, 11) is 0. The number of hydrogen-bond donors (Lipinski definition) is 3. The molecule has 2 fully saturated rings. The number of nitrogens with zero attached hydrogens (tertiary/aromatic N) is 5. The first-order valence-corrected chi connectivity index (χ1v) is 12.5. The molecule has 4 rings (SSSR count). The Labute approximate surface area is 197 Å². The summed E-state index contributed by atoms with van der Waals surface area (Å²) in [4.78, 5) is 15.8. The van der Waals surface area contributed by atoms with E-state index >= 15 is 0 Å². The molecule has 1 aliphatic carbocycles. The van der Waals surface area contributed by atoms with Gasteiger partial charge in [-0.05, 0) is 50.9 Å². The van der Waals surface area contributed by atoms with E-state index in [0.29, 0.717) is 29.9 Å². The van der Waals surface area contributed by atoms with E-state index < -0.39 is 0 Å². The molecule has 0 bridgehead atoms. The highest BCUT2D eigenvalue weighted by Crippen LogP contribution is 2.22. The number of hydrogen-bond acceptors (Lipinski definition) is 6. The summed E-state index contributed by atoms with van der Waals surface area (Å²) in [6.45, 7) is 13.0. The maximum absolute atomic E-state index is 7.53. The molecule has 8 heteroatoms. The molecule has 1 aromatic carbocycles. The van der Waals surface area contributed by atoms with Gasteiger partial charge < -0.3 is 10.6 Å². The van der Waals surface area contributed by atoms with Crippen molar-refractivity contribution in [2.75, 3.05) is 35.6 Å². The molecule has 1 unspecified atom stereocenters. The summed E-state index contributed by atoms with van der Waals surface area (Å²) >= 11 is 0. The number of nitrogens with one attached hydrogen (secondary N) is 3. The fourth-order valence-corrected chi connectivity index (χ4v) is 4.94. The van der Waals surface area contributed by atoms with E-state index in [0.717, 1.165) is 31.6 Å². The van der Waals surface area contributed by atoms with E-state index in [4.69, 9.17) is 16.5 Å². The van der Waals surface area contributed by atoms with Crippen LogP contribution in [-0.4, -0.2) is 46.6 Å². The number of anilines is 4. The quantitative estimate of drug-likeness (QED) is 0.299. The molecule has 176 valence electrons. The average molecular weight is 450 g/mol. The third kappa shape index (κ3) is 6.32. The van der Waals surface area contributed by atoms with Gasteiger partial charge in [0.25, 0.3) is 0 Å². The molecule has 1 saturated carbocycles. The number of aromatic nitrogens is 3. The van der Waals surface area contributed by atoms with Crippen LogP contribution in [0.2, 0.25) is 0 Å². The second-order valence-electron chi connectivity index (χ2n) is 9.05. The molecule has 1 aromatic heterocycles. The van der Waals surface area contributed by atoms with Gasteiger partial charge in [-0.25, -0.2) is 6.57 Å². The first-order valence-electron chi connectivity index (χ1n) is 12.5. The lowest BCUT2D eigenvalue weighted by Crippen LogP contribution is -2.43. The van der Waals surface area contributed by atoms with E-state index in [1.165, 1.54) is 45.1 Å². The zero-order chi connectivity index (χ0) is 22.9. The summed E-state index contributed by atoms with van der Waals surface area (Å²) in [6, 6.07) is 10.9. The second kappa shape index (κ2) is 11.8. The molecule has 33 heavy (non-hydrogen) atoms. The van der Waals surface area contributed by atoms with Crippen molar-refractivity contribution in [2.24, 2.45) is 0 Å². The molecule has 0 radical (unpaired) electrons. The molecule has 8 nitrogen and oxygen atoms in total. The van der Waals surface area contributed by atoms with Crippen LogP contribution in [0.5, 0.6) is 0 Å². The molecular formula is C25H37N8+. The molecule has 3 N–H and O–H groups in total. The van der Waals surface area contributed by atoms with Crippen LogP contribution in [0.1, 0.15) is 58.3 Å². The maximum atomic E-state index is 7.53. The Bertz CT molecular complexity index is 918. The van der Waals surface area contributed by atoms with E-state index in [-0.39, 0.29) is 6.67 Å². The monoisotopic (exact) mass is 449 g/mol. The van der Waals surface area contributed by atoms with Crippen molar-refractivity contribution in [3.63, 3.8) is 0 Å². The third-order valence-electron chi connectivity index (χ3n) is 6.77. The van der Waals surface area contributed by atoms with Gasteiger partial charge in [0, 0.05) is 12.6 Å². The van der Waals surface area contributed by atoms with Crippen molar-refractivity contribution in [3.8, 4) is 0 Å². The molecule has 1 saturated heterocycles. The first kappa shape index (κ1) is 23.2. The van der Waals surface area contributed by atoms with E-state index in [9.17, 15) is 0 Å². The van der Waals surface area contributed by atoms with Crippen molar-refractivity contribution in [1.82, 2.24) is 14.9 Å². The highest BCUT2D eigenvalue weighted by atomic mass is 15.4. The molecule has 0 amide bonds. The second-order valence-corrected chi connectivity index (χ2v) is 9.05. The zero-order valence-corrected chi connectivity index (χ0v) is 19.8. The highest BCUT2D eigenvalue weighted by molar-refractivity contribution is 5.52. The molecule has 2 heterocycles. The average Bonchev–Trinajstić information content (AvgIpc) is 3.14. The predicted octanol–water partition coefficient (Wildman–Crippen LogP) is 4.42. The smallest absolute Gasteiger partial charge is 0.335 e. The van der Waals surface area contributed by atoms with Gasteiger partial charge >= 0.3 is 24.5 Å². The van der Waals surface area contributed by atoms with Crippen LogP contribution in [-0.2, 0) is 6.67 Å². The molecule has 2 aromatic rings. The Morgan fingerprint density at radius 2 is 1.79 bits per heavy atom. The number of para-hydroxylation sites is 1. The van der Waals surface area contributed by atoms with Crippen LogP contribution in [0.25, 0.3) is 4.85 Å². The van der Waals surface area contributed by atoms with Crippen LogP contribution in [0, 0.1) is 6.57 Å². The van der Waals surface area contributed by atoms with Gasteiger partial charge in [0.1, 0.15) is 0 Å². The fourth-order valence-electron chi connectivity index (χ4n) is 4.94. The van der Waals surface area contributed by atoms with Crippen molar-refractivity contribution >= 4 is 23.5 Å². The molecule has 1 aliphatic heterocycles. The number of rotatable bonds is 9. The summed E-state index contributed by atoms with van der Waals surface area (Å²) in [5, 5.41) is 10.6. The van der Waals surface area contributed by atoms with Gasteiger partial charge in [-0.15, -0.1) is 4.57 Å². The molecule has 1 atom stereocenters. The normalized spacial score (nSPS) is 19.6. The van der Waals surface area contributed by atoms with Crippen molar-refractivity contribution in [1.29, 1.82) is 0 Å². The minimum atomic E-state index is 0.163. The van der Waals surface area contributed by atoms with Gasteiger partial charge in [-0.2, -0.15) is 0 Å². The minimum absolute atomic E-state index is 0.163. The van der Waals surface area contributed by atoms with Crippen LogP contribution in [0.3, 0.4) is 0 Å². The summed E-state index contributed by atoms with van der Waals surface area (Å²) in [5.41, 5.74) is 0.939. The van der Waals surface area contributed by atoms with E-state index in [2.05, 4.69) is 32.6 Å². The Balaban J connectivity index is 1.61. The van der Waals surface area contributed by atoms with Gasteiger partial charge in [0.15, 0.2) is 0 Å². The van der Waals surface area contributed by atoms with Crippen molar-refractivity contribution in [3.05, 3.63) is 41.7 Å². The Hall–Kier alpha value is -2.92. The van der Waals surface area contributed by atoms with Crippen LogP contribution in [0.15, 0.2) is 30.3 Å². The lowest BCUT2D eigenvalue weighted by molar-refractivity contribution is -0.664. The number of benzene rings is 1. The largest absolute Gasteiger partial charge is 0.336 e. The Morgan fingerprint density at radius 1 is 1.03 bits per heavy atom. The highest BCUT2D eigenvalue weighted by Gasteiger charge is 2.27.